The second kappa shape index (κ2) is 13.3. The lowest BCUT2D eigenvalue weighted by atomic mass is 10.1. The molecule has 2 heterocycles. The zero-order chi connectivity index (χ0) is 37.6. The average molecular weight is 717 g/mol. The predicted octanol–water partition coefficient (Wildman–Crippen LogP) is 4.68. The van der Waals surface area contributed by atoms with Gasteiger partial charge in [-0.25, -0.2) is 22.5 Å². The molecule has 5 N–H and O–H groups in total. The zero-order valence-electron chi connectivity index (χ0n) is 26.8. The van der Waals surface area contributed by atoms with Crippen molar-refractivity contribution < 1.29 is 37.4 Å². The van der Waals surface area contributed by atoms with Crippen molar-refractivity contribution in [2.75, 3.05) is 16.0 Å². The Morgan fingerprint density at radius 3 is 2.17 bits per heavy atom. The summed E-state index contributed by atoms with van der Waals surface area (Å²) in [6.07, 6.45) is 0.334. The molecule has 52 heavy (non-hydrogen) atoms. The van der Waals surface area contributed by atoms with Crippen LogP contribution in [0.2, 0.25) is 0 Å². The molecule has 264 valence electrons. The van der Waals surface area contributed by atoms with Gasteiger partial charge in [-0.1, -0.05) is 6.07 Å². The van der Waals surface area contributed by atoms with E-state index in [-0.39, 0.29) is 50.7 Å². The second-order valence-electron chi connectivity index (χ2n) is 11.3. The number of aromatic nitrogens is 3. The Morgan fingerprint density at radius 2 is 1.50 bits per heavy atom. The first-order valence-corrected chi connectivity index (χ1v) is 15.0. The summed E-state index contributed by atoms with van der Waals surface area (Å²) < 4.78 is 59.9. The first-order chi connectivity index (χ1) is 24.7. The van der Waals surface area contributed by atoms with E-state index < -0.39 is 63.0 Å². The maximum Gasteiger partial charge on any atom is 0.340 e. The second-order valence-corrected chi connectivity index (χ2v) is 11.3. The van der Waals surface area contributed by atoms with Crippen molar-refractivity contribution in [1.29, 1.82) is 0 Å². The summed E-state index contributed by atoms with van der Waals surface area (Å²) >= 11 is 0. The van der Waals surface area contributed by atoms with Crippen LogP contribution in [0.5, 0.6) is 11.5 Å². The third-order valence-corrected chi connectivity index (χ3v) is 8.08. The highest BCUT2D eigenvalue weighted by molar-refractivity contribution is 6.04. The Kier molecular flexibility index (Phi) is 8.85. The van der Waals surface area contributed by atoms with Crippen molar-refractivity contribution in [3.8, 4) is 22.9 Å². The topological polar surface area (TPSA) is 177 Å². The molecule has 4 aromatic carbocycles. The van der Waals surface area contributed by atoms with Gasteiger partial charge in [0.05, 0.1) is 22.6 Å². The molecule has 0 aliphatic heterocycles. The molecule has 2 amide bonds. The zero-order valence-corrected chi connectivity index (χ0v) is 26.8. The van der Waals surface area contributed by atoms with Crippen molar-refractivity contribution in [3.63, 3.8) is 0 Å². The van der Waals surface area contributed by atoms with Crippen LogP contribution in [0.4, 0.5) is 40.4 Å². The van der Waals surface area contributed by atoms with Gasteiger partial charge in [0.1, 0.15) is 17.0 Å². The highest BCUT2D eigenvalue weighted by Gasteiger charge is 2.25. The van der Waals surface area contributed by atoms with Crippen molar-refractivity contribution >= 4 is 46.1 Å². The standard InChI is InChI=1S/C35H24F4N6O7/c1-16-30-28(31(43(2)33(16)50)42-25-8-6-18(40-15-46)13-22(25)36)34(51)45(21-7-9-26(47)23(37)14-21)35(52)44(30)20-5-3-4-19(12-20)41-32(49)17-10-24(38)29(39)27(48)11-17/h3-15,42,47-48H,1-2H3,(H,40,46)(H,41,49). The van der Waals surface area contributed by atoms with Crippen molar-refractivity contribution in [3.05, 3.63) is 138 Å². The van der Waals surface area contributed by atoms with Crippen LogP contribution in [0, 0.1) is 30.2 Å². The molecule has 0 unspecified atom stereocenters. The Bertz CT molecular complexity index is 2650. The van der Waals surface area contributed by atoms with Gasteiger partial charge in [0.15, 0.2) is 29.0 Å². The van der Waals surface area contributed by atoms with Crippen LogP contribution in [0.25, 0.3) is 22.3 Å². The summed E-state index contributed by atoms with van der Waals surface area (Å²) in [4.78, 5) is 66.2. The molecule has 0 saturated heterocycles. The molecule has 17 heteroatoms. The quantitative estimate of drug-likeness (QED) is 0.111. The van der Waals surface area contributed by atoms with Crippen LogP contribution < -0.4 is 32.8 Å². The van der Waals surface area contributed by atoms with Gasteiger partial charge in [0.25, 0.3) is 17.0 Å². The van der Waals surface area contributed by atoms with E-state index in [0.29, 0.717) is 23.1 Å². The normalized spacial score (nSPS) is 11.0. The van der Waals surface area contributed by atoms with E-state index in [1.807, 2.05) is 0 Å². The van der Waals surface area contributed by atoms with Gasteiger partial charge in [-0.05, 0) is 67.6 Å². The molecule has 0 saturated carbocycles. The lowest BCUT2D eigenvalue weighted by Crippen LogP contribution is -2.40. The van der Waals surface area contributed by atoms with Gasteiger partial charge < -0.3 is 26.2 Å². The van der Waals surface area contributed by atoms with E-state index in [2.05, 4.69) is 16.0 Å². The van der Waals surface area contributed by atoms with Gasteiger partial charge in [0.2, 0.25) is 6.41 Å². The summed E-state index contributed by atoms with van der Waals surface area (Å²) in [5.41, 5.74) is -4.34. The monoisotopic (exact) mass is 716 g/mol. The number of halogens is 4. The average Bonchev–Trinajstić information content (AvgIpc) is 3.10. The number of benzene rings is 4. The molecule has 13 nitrogen and oxygen atoms in total. The van der Waals surface area contributed by atoms with Crippen molar-refractivity contribution in [2.45, 2.75) is 6.92 Å². The predicted molar refractivity (Wildman–Crippen MR) is 182 cm³/mol. The molecule has 6 aromatic rings. The lowest BCUT2D eigenvalue weighted by Gasteiger charge is -2.21. The summed E-state index contributed by atoms with van der Waals surface area (Å²) in [5, 5.41) is 26.6. The minimum atomic E-state index is -1.56. The molecule has 0 aliphatic carbocycles. The van der Waals surface area contributed by atoms with E-state index in [9.17, 15) is 47.4 Å². The number of pyridine rings is 1. The number of rotatable bonds is 8. The van der Waals surface area contributed by atoms with E-state index in [1.165, 1.54) is 50.4 Å². The van der Waals surface area contributed by atoms with E-state index in [1.54, 1.807) is 0 Å². The molecule has 0 radical (unpaired) electrons. The number of nitrogens with zero attached hydrogens (tertiary/aromatic N) is 3. The molecule has 6 rings (SSSR count). The number of amides is 2. The first kappa shape index (κ1) is 34.7. The van der Waals surface area contributed by atoms with Crippen LogP contribution in [-0.4, -0.2) is 36.2 Å². The van der Waals surface area contributed by atoms with Gasteiger partial charge in [-0.15, -0.1) is 0 Å². The van der Waals surface area contributed by atoms with Crippen LogP contribution in [0.3, 0.4) is 0 Å². The number of carbonyl (C=O) groups excluding carboxylic acids is 2. The number of carbonyl (C=O) groups is 2. The fourth-order valence-electron chi connectivity index (χ4n) is 5.58. The summed E-state index contributed by atoms with van der Waals surface area (Å²) in [6.45, 7) is 1.33. The van der Waals surface area contributed by atoms with Crippen molar-refractivity contribution in [1.82, 2.24) is 13.7 Å². The third kappa shape index (κ3) is 5.99. The molecular weight excluding hydrogens is 692 g/mol. The fourth-order valence-corrected chi connectivity index (χ4v) is 5.58. The molecule has 0 atom stereocenters. The Hall–Kier alpha value is -7.17. The summed E-state index contributed by atoms with van der Waals surface area (Å²) in [5.74, 6) is -8.29. The summed E-state index contributed by atoms with van der Waals surface area (Å²) in [7, 11) is 1.28. The largest absolute Gasteiger partial charge is 0.505 e. The number of anilines is 4. The molecular formula is C35H24F4N6O7. The Labute approximate surface area is 288 Å². The number of phenolic OH excluding ortho intramolecular Hbond substituents is 2. The van der Waals surface area contributed by atoms with Gasteiger partial charge in [-0.3, -0.25) is 28.3 Å². The highest BCUT2D eigenvalue weighted by atomic mass is 19.2. The van der Waals surface area contributed by atoms with Crippen LogP contribution in [0.15, 0.2) is 87.2 Å². The number of fused-ring (bicyclic) bond motifs is 1. The van der Waals surface area contributed by atoms with Crippen LogP contribution in [-0.2, 0) is 11.8 Å². The van der Waals surface area contributed by atoms with E-state index >= 15 is 4.39 Å². The number of nitrogens with one attached hydrogen (secondary N) is 3. The fraction of sp³-hybridized carbons (Fsp3) is 0.0571. The molecule has 0 spiro atoms. The van der Waals surface area contributed by atoms with E-state index in [0.717, 1.165) is 33.4 Å². The minimum absolute atomic E-state index is 0.0221. The number of hydrogen-bond donors (Lipinski definition) is 5. The van der Waals surface area contributed by atoms with Crippen LogP contribution in [0.1, 0.15) is 15.9 Å². The summed E-state index contributed by atoms with van der Waals surface area (Å²) in [6, 6.07) is 12.9. The van der Waals surface area contributed by atoms with Gasteiger partial charge in [0, 0.05) is 35.6 Å². The first-order valence-electron chi connectivity index (χ1n) is 15.0. The minimum Gasteiger partial charge on any atom is -0.505 e. The molecule has 0 aliphatic rings. The van der Waals surface area contributed by atoms with Gasteiger partial charge in [-0.2, -0.15) is 4.39 Å². The number of phenols is 2. The SMILES string of the molecule is Cc1c(=O)n(C)c(Nc2ccc(NC=O)cc2F)c2c(=O)n(-c3ccc(O)c(F)c3)c(=O)n(-c3cccc(NC(=O)c4cc(O)c(F)c(F)c4)c3)c12. The van der Waals surface area contributed by atoms with Crippen molar-refractivity contribution in [2.24, 2.45) is 7.05 Å². The highest BCUT2D eigenvalue weighted by Crippen LogP contribution is 2.29. The maximum absolute atomic E-state index is 15.2. The number of hydrogen-bond acceptors (Lipinski definition) is 8. The van der Waals surface area contributed by atoms with Gasteiger partial charge >= 0.3 is 5.69 Å². The molecule has 0 bridgehead atoms. The number of aryl methyl sites for hydroxylation is 1. The lowest BCUT2D eigenvalue weighted by molar-refractivity contribution is -0.105. The Morgan fingerprint density at radius 1 is 0.769 bits per heavy atom. The molecule has 0 fully saturated rings. The maximum atomic E-state index is 15.2. The third-order valence-electron chi connectivity index (χ3n) is 8.08. The smallest absolute Gasteiger partial charge is 0.340 e. The Balaban J connectivity index is 1.63. The van der Waals surface area contributed by atoms with E-state index in [4.69, 9.17) is 0 Å². The van der Waals surface area contributed by atoms with Crippen LogP contribution >= 0.6 is 0 Å². The molecule has 2 aromatic heterocycles. The number of aromatic hydroxyl groups is 2.